The summed E-state index contributed by atoms with van der Waals surface area (Å²) >= 11 is 0. The molecule has 0 bridgehead atoms. The van der Waals surface area contributed by atoms with Crippen molar-refractivity contribution in [2.24, 2.45) is 0 Å². The normalized spacial score (nSPS) is 16.2. The molecule has 1 unspecified atom stereocenters. The summed E-state index contributed by atoms with van der Waals surface area (Å²) in [7, 11) is -2.13. The Morgan fingerprint density at radius 3 is 2.61 bits per heavy atom. The maximum absolute atomic E-state index is 13.0. The van der Waals surface area contributed by atoms with Gasteiger partial charge in [0, 0.05) is 25.7 Å². The van der Waals surface area contributed by atoms with Crippen molar-refractivity contribution in [2.75, 3.05) is 40.0 Å². The summed E-state index contributed by atoms with van der Waals surface area (Å²) < 4.78 is 41.0. The van der Waals surface area contributed by atoms with Crippen molar-refractivity contribution in [1.82, 2.24) is 29.8 Å². The van der Waals surface area contributed by atoms with Gasteiger partial charge in [-0.1, -0.05) is 18.2 Å². The van der Waals surface area contributed by atoms with Crippen LogP contribution in [0.15, 0.2) is 59.8 Å². The third-order valence-corrected chi connectivity index (χ3v) is 6.62. The van der Waals surface area contributed by atoms with Crippen LogP contribution in [0.25, 0.3) is 5.69 Å². The first-order valence-electron chi connectivity index (χ1n) is 9.86. The number of methoxy groups -OCH3 is 1. The lowest BCUT2D eigenvalue weighted by Crippen LogP contribution is -2.43. The van der Waals surface area contributed by atoms with Gasteiger partial charge in [0.2, 0.25) is 10.0 Å². The van der Waals surface area contributed by atoms with Gasteiger partial charge in [-0.15, -0.1) is 5.10 Å². The van der Waals surface area contributed by atoms with Crippen LogP contribution in [0.3, 0.4) is 0 Å². The molecule has 0 radical (unpaired) electrons. The van der Waals surface area contributed by atoms with Gasteiger partial charge in [-0.05, 0) is 46.3 Å². The van der Waals surface area contributed by atoms with Gasteiger partial charge in [0.25, 0.3) is 0 Å². The summed E-state index contributed by atoms with van der Waals surface area (Å²) in [6, 6.07) is 14.0. The molecule has 1 aliphatic rings. The topological polar surface area (TPSA) is 111 Å². The molecule has 3 aromatic rings. The molecule has 1 atom stereocenters. The highest BCUT2D eigenvalue weighted by Gasteiger charge is 2.25. The minimum absolute atomic E-state index is 0.132. The predicted octanol–water partition coefficient (Wildman–Crippen LogP) is 1.02. The fourth-order valence-corrected chi connectivity index (χ4v) is 4.60. The van der Waals surface area contributed by atoms with E-state index >= 15 is 0 Å². The molecule has 10 nitrogen and oxygen atoms in total. The Hall–Kier alpha value is -2.86. The molecule has 2 aromatic carbocycles. The number of tetrazole rings is 1. The maximum Gasteiger partial charge on any atom is 0.240 e. The highest BCUT2D eigenvalue weighted by molar-refractivity contribution is 7.89. The van der Waals surface area contributed by atoms with E-state index in [1.807, 2.05) is 24.3 Å². The number of aromatic nitrogens is 4. The van der Waals surface area contributed by atoms with Crippen molar-refractivity contribution in [3.05, 3.63) is 60.4 Å². The molecule has 31 heavy (non-hydrogen) atoms. The van der Waals surface area contributed by atoms with Crippen LogP contribution in [0.1, 0.15) is 11.6 Å². The molecule has 164 valence electrons. The van der Waals surface area contributed by atoms with E-state index in [0.29, 0.717) is 18.9 Å². The van der Waals surface area contributed by atoms with Crippen LogP contribution in [0, 0.1) is 0 Å². The zero-order chi connectivity index (χ0) is 21.7. The van der Waals surface area contributed by atoms with Crippen molar-refractivity contribution in [1.29, 1.82) is 0 Å². The first-order valence-corrected chi connectivity index (χ1v) is 11.3. The van der Waals surface area contributed by atoms with Crippen molar-refractivity contribution in [2.45, 2.75) is 10.9 Å². The fraction of sp³-hybridized carbons (Fsp3) is 0.350. The summed E-state index contributed by atoms with van der Waals surface area (Å²) in [6.07, 6.45) is 1.41. The van der Waals surface area contributed by atoms with Crippen molar-refractivity contribution >= 4 is 10.0 Å². The second-order valence-corrected chi connectivity index (χ2v) is 8.81. The Bertz CT molecular complexity index is 1080. The van der Waals surface area contributed by atoms with Gasteiger partial charge in [-0.2, -0.15) is 0 Å². The van der Waals surface area contributed by atoms with E-state index in [2.05, 4.69) is 25.1 Å². The van der Waals surface area contributed by atoms with E-state index in [4.69, 9.17) is 9.47 Å². The molecule has 1 aromatic heterocycles. The molecule has 0 saturated carbocycles. The highest BCUT2D eigenvalue weighted by atomic mass is 32.2. The number of rotatable bonds is 8. The van der Waals surface area contributed by atoms with E-state index < -0.39 is 10.0 Å². The first-order chi connectivity index (χ1) is 15.1. The SMILES string of the molecule is COc1ccc(C(CNS(=O)(=O)c2cccc(-n3cnnn3)c2)N2CCOCC2)cc1. The molecule has 1 aliphatic heterocycles. The Labute approximate surface area is 180 Å². The molecule has 1 fully saturated rings. The zero-order valence-electron chi connectivity index (χ0n) is 17.1. The lowest BCUT2D eigenvalue weighted by Gasteiger charge is -2.35. The van der Waals surface area contributed by atoms with E-state index in [1.165, 1.54) is 17.1 Å². The second kappa shape index (κ2) is 9.52. The van der Waals surface area contributed by atoms with Crippen LogP contribution >= 0.6 is 0 Å². The summed E-state index contributed by atoms with van der Waals surface area (Å²) in [5.41, 5.74) is 1.57. The van der Waals surface area contributed by atoms with Crippen LogP contribution in [-0.2, 0) is 14.8 Å². The smallest absolute Gasteiger partial charge is 0.240 e. The fourth-order valence-electron chi connectivity index (χ4n) is 3.52. The number of morpholine rings is 1. The molecule has 0 aliphatic carbocycles. The van der Waals surface area contributed by atoms with Crippen LogP contribution in [0.5, 0.6) is 5.75 Å². The lowest BCUT2D eigenvalue weighted by molar-refractivity contribution is 0.0172. The first kappa shape index (κ1) is 21.4. The average molecular weight is 445 g/mol. The molecule has 11 heteroatoms. The van der Waals surface area contributed by atoms with Crippen molar-refractivity contribution < 1.29 is 17.9 Å². The van der Waals surface area contributed by atoms with Gasteiger partial charge >= 0.3 is 0 Å². The summed E-state index contributed by atoms with van der Waals surface area (Å²) in [4.78, 5) is 2.38. The second-order valence-electron chi connectivity index (χ2n) is 7.04. The van der Waals surface area contributed by atoms with E-state index in [-0.39, 0.29) is 17.5 Å². The minimum Gasteiger partial charge on any atom is -0.497 e. The molecule has 1 saturated heterocycles. The summed E-state index contributed by atoms with van der Waals surface area (Å²) in [5, 5.41) is 11.0. The number of hydrogen-bond donors (Lipinski definition) is 1. The number of sulfonamides is 1. The average Bonchev–Trinajstić information content (AvgIpc) is 3.35. The van der Waals surface area contributed by atoms with Crippen LogP contribution < -0.4 is 9.46 Å². The molecule has 0 spiro atoms. The summed E-state index contributed by atoms with van der Waals surface area (Å²) in [5.74, 6) is 0.754. The standard InChI is InChI=1S/C20H24N6O4S/c1-29-18-7-5-16(6-8-18)20(25-9-11-30-12-10-25)14-22-31(27,28)19-4-2-3-17(13-19)26-15-21-23-24-26/h2-8,13,15,20,22H,9-12,14H2,1H3. The number of nitrogens with zero attached hydrogens (tertiary/aromatic N) is 5. The zero-order valence-corrected chi connectivity index (χ0v) is 17.9. The number of benzene rings is 2. The third kappa shape index (κ3) is 5.07. The number of ether oxygens (including phenoxy) is 2. The van der Waals surface area contributed by atoms with Crippen LogP contribution in [0.4, 0.5) is 0 Å². The molecule has 1 N–H and O–H groups in total. The van der Waals surface area contributed by atoms with Gasteiger partial charge in [-0.25, -0.2) is 17.8 Å². The minimum atomic E-state index is -3.74. The van der Waals surface area contributed by atoms with E-state index in [0.717, 1.165) is 24.4 Å². The maximum atomic E-state index is 13.0. The number of hydrogen-bond acceptors (Lipinski definition) is 8. The van der Waals surface area contributed by atoms with Crippen molar-refractivity contribution in [3.8, 4) is 11.4 Å². The molecular weight excluding hydrogens is 420 g/mol. The van der Waals surface area contributed by atoms with Gasteiger partial charge < -0.3 is 9.47 Å². The van der Waals surface area contributed by atoms with Gasteiger partial charge in [0.1, 0.15) is 12.1 Å². The Morgan fingerprint density at radius 2 is 1.94 bits per heavy atom. The monoisotopic (exact) mass is 444 g/mol. The van der Waals surface area contributed by atoms with E-state index in [1.54, 1.807) is 25.3 Å². The quantitative estimate of drug-likeness (QED) is 0.548. The number of nitrogens with one attached hydrogen (secondary N) is 1. The van der Waals surface area contributed by atoms with Crippen LogP contribution in [-0.4, -0.2) is 73.5 Å². The van der Waals surface area contributed by atoms with Gasteiger partial charge in [0.15, 0.2) is 0 Å². The van der Waals surface area contributed by atoms with Gasteiger partial charge in [0.05, 0.1) is 30.9 Å². The Morgan fingerprint density at radius 1 is 1.16 bits per heavy atom. The van der Waals surface area contributed by atoms with Crippen molar-refractivity contribution in [3.63, 3.8) is 0 Å². The molecular formula is C20H24N6O4S. The largest absolute Gasteiger partial charge is 0.497 e. The summed E-state index contributed by atoms with van der Waals surface area (Å²) in [6.45, 7) is 2.92. The molecule has 4 rings (SSSR count). The predicted molar refractivity (Wildman–Crippen MR) is 112 cm³/mol. The molecule has 0 amide bonds. The third-order valence-electron chi connectivity index (χ3n) is 5.20. The Balaban J connectivity index is 1.54. The van der Waals surface area contributed by atoms with E-state index in [9.17, 15) is 8.42 Å². The lowest BCUT2D eigenvalue weighted by atomic mass is 10.0. The van der Waals surface area contributed by atoms with Gasteiger partial charge in [-0.3, -0.25) is 4.90 Å². The van der Waals surface area contributed by atoms with Crippen LogP contribution in [0.2, 0.25) is 0 Å². The Kier molecular flexibility index (Phi) is 6.56. The highest BCUT2D eigenvalue weighted by Crippen LogP contribution is 2.24. The molecule has 2 heterocycles.